The van der Waals surface area contributed by atoms with Gasteiger partial charge in [-0.25, -0.2) is 9.37 Å². The van der Waals surface area contributed by atoms with Crippen molar-refractivity contribution in [3.05, 3.63) is 76.7 Å². The molecule has 1 fully saturated rings. The number of halogens is 4. The lowest BCUT2D eigenvalue weighted by molar-refractivity contribution is -0.137. The maximum absolute atomic E-state index is 14.4. The summed E-state index contributed by atoms with van der Waals surface area (Å²) in [6, 6.07) is 10.0. The van der Waals surface area contributed by atoms with Gasteiger partial charge in [0.1, 0.15) is 0 Å². The highest BCUT2D eigenvalue weighted by Crippen LogP contribution is 2.33. The standard InChI is InChI=1S/C25H22F4N4O3/c26-19-3-1-2-4-21(19)36-22-18-15-33(23(34)16-5-7-17(8-6-16)25(27,28)29)10-9-20(18)30-24(31-22)32-11-13-35-14-12-32/h1-8H,9-15H2. The van der Waals surface area contributed by atoms with Crippen LogP contribution in [-0.2, 0) is 23.9 Å². The molecule has 2 aliphatic rings. The number of alkyl halides is 3. The molecule has 188 valence electrons. The Labute approximate surface area is 204 Å². The van der Waals surface area contributed by atoms with E-state index in [0.717, 1.165) is 24.3 Å². The zero-order chi connectivity index (χ0) is 25.3. The molecule has 11 heteroatoms. The van der Waals surface area contributed by atoms with Crippen LogP contribution in [0.5, 0.6) is 11.6 Å². The summed E-state index contributed by atoms with van der Waals surface area (Å²) in [4.78, 5) is 25.8. The van der Waals surface area contributed by atoms with Crippen LogP contribution in [0.3, 0.4) is 0 Å². The first kappa shape index (κ1) is 24.0. The van der Waals surface area contributed by atoms with Gasteiger partial charge in [0.2, 0.25) is 11.8 Å². The second-order valence-corrected chi connectivity index (χ2v) is 8.44. The number of hydrogen-bond acceptors (Lipinski definition) is 6. The maximum Gasteiger partial charge on any atom is 0.416 e. The molecule has 0 spiro atoms. The molecule has 36 heavy (non-hydrogen) atoms. The van der Waals surface area contributed by atoms with Crippen molar-refractivity contribution < 1.29 is 31.8 Å². The minimum atomic E-state index is -4.49. The second kappa shape index (κ2) is 9.73. The number of rotatable bonds is 4. The van der Waals surface area contributed by atoms with Gasteiger partial charge in [-0.05, 0) is 36.4 Å². The highest BCUT2D eigenvalue weighted by atomic mass is 19.4. The predicted molar refractivity (Wildman–Crippen MR) is 121 cm³/mol. The molecule has 0 saturated carbocycles. The van der Waals surface area contributed by atoms with Crippen molar-refractivity contribution in [2.24, 2.45) is 0 Å². The van der Waals surface area contributed by atoms with Gasteiger partial charge in [0.05, 0.1) is 36.6 Å². The third kappa shape index (κ3) is 4.97. The van der Waals surface area contributed by atoms with Crippen LogP contribution in [0.2, 0.25) is 0 Å². The van der Waals surface area contributed by atoms with Crippen LogP contribution in [0.1, 0.15) is 27.2 Å². The first-order valence-electron chi connectivity index (χ1n) is 11.4. The summed E-state index contributed by atoms with van der Waals surface area (Å²) in [6.07, 6.45) is -4.10. The van der Waals surface area contributed by atoms with Gasteiger partial charge in [0.15, 0.2) is 11.6 Å². The smallest absolute Gasteiger partial charge is 0.416 e. The fourth-order valence-electron chi connectivity index (χ4n) is 4.15. The molecule has 7 nitrogen and oxygen atoms in total. The van der Waals surface area contributed by atoms with Gasteiger partial charge in [-0.15, -0.1) is 0 Å². The number of benzene rings is 2. The topological polar surface area (TPSA) is 67.8 Å². The van der Waals surface area contributed by atoms with Gasteiger partial charge in [-0.3, -0.25) is 4.79 Å². The van der Waals surface area contributed by atoms with E-state index in [1.165, 1.54) is 17.0 Å². The summed E-state index contributed by atoms with van der Waals surface area (Å²) >= 11 is 0. The van der Waals surface area contributed by atoms with E-state index in [-0.39, 0.29) is 23.7 Å². The Hall–Kier alpha value is -3.73. The number of hydrogen-bond donors (Lipinski definition) is 0. The Kier molecular flexibility index (Phi) is 6.48. The monoisotopic (exact) mass is 502 g/mol. The van der Waals surface area contributed by atoms with E-state index in [1.54, 1.807) is 12.1 Å². The Balaban J connectivity index is 1.45. The van der Waals surface area contributed by atoms with E-state index < -0.39 is 23.5 Å². The summed E-state index contributed by atoms with van der Waals surface area (Å²) in [5.74, 6) is -0.435. The molecule has 5 rings (SSSR count). The number of carbonyl (C=O) groups excluding carboxylic acids is 1. The minimum absolute atomic E-state index is 0.0162. The summed E-state index contributed by atoms with van der Waals surface area (Å²) < 4.78 is 64.3. The lowest BCUT2D eigenvalue weighted by atomic mass is 10.0. The quantitative estimate of drug-likeness (QED) is 0.491. The number of morpholine rings is 1. The molecule has 0 atom stereocenters. The van der Waals surface area contributed by atoms with Crippen LogP contribution in [-0.4, -0.2) is 53.6 Å². The molecule has 1 aromatic heterocycles. The van der Waals surface area contributed by atoms with Crippen molar-refractivity contribution in [3.8, 4) is 11.6 Å². The van der Waals surface area contributed by atoms with Crippen LogP contribution < -0.4 is 9.64 Å². The Morgan fingerprint density at radius 1 is 0.972 bits per heavy atom. The van der Waals surface area contributed by atoms with Crippen LogP contribution in [0.15, 0.2) is 48.5 Å². The van der Waals surface area contributed by atoms with Gasteiger partial charge in [0.25, 0.3) is 5.91 Å². The normalized spacial score (nSPS) is 16.0. The molecule has 0 unspecified atom stereocenters. The molecule has 3 heterocycles. The summed E-state index contributed by atoms with van der Waals surface area (Å²) in [5, 5.41) is 0. The maximum atomic E-state index is 14.4. The molecule has 0 bridgehead atoms. The summed E-state index contributed by atoms with van der Waals surface area (Å²) in [5.41, 5.74) is 0.512. The van der Waals surface area contributed by atoms with Crippen molar-refractivity contribution in [1.82, 2.24) is 14.9 Å². The van der Waals surface area contributed by atoms with Crippen LogP contribution in [0.4, 0.5) is 23.5 Å². The van der Waals surface area contributed by atoms with E-state index in [1.807, 2.05) is 4.90 Å². The number of para-hydroxylation sites is 1. The SMILES string of the molecule is O=C(c1ccc(C(F)(F)F)cc1)N1CCc2nc(N3CCOCC3)nc(Oc3ccccc3F)c2C1. The third-order valence-corrected chi connectivity index (χ3v) is 6.09. The third-order valence-electron chi connectivity index (χ3n) is 6.09. The van der Waals surface area contributed by atoms with Crippen LogP contribution in [0, 0.1) is 5.82 Å². The summed E-state index contributed by atoms with van der Waals surface area (Å²) in [6.45, 7) is 2.62. The molecule has 2 aliphatic heterocycles. The molecule has 0 aliphatic carbocycles. The number of nitrogens with zero attached hydrogens (tertiary/aromatic N) is 4. The average molecular weight is 502 g/mol. The number of ether oxygens (including phenoxy) is 2. The van der Waals surface area contributed by atoms with Crippen molar-refractivity contribution in [2.75, 3.05) is 37.7 Å². The van der Waals surface area contributed by atoms with Gasteiger partial charge >= 0.3 is 6.18 Å². The number of anilines is 1. The van der Waals surface area contributed by atoms with Crippen molar-refractivity contribution in [2.45, 2.75) is 19.1 Å². The van der Waals surface area contributed by atoms with Crippen LogP contribution in [0.25, 0.3) is 0 Å². The molecule has 0 N–H and O–H groups in total. The molecule has 0 radical (unpaired) electrons. The van der Waals surface area contributed by atoms with E-state index >= 15 is 0 Å². The van der Waals surface area contributed by atoms with Gasteiger partial charge in [-0.2, -0.15) is 18.2 Å². The predicted octanol–water partition coefficient (Wildman–Crippen LogP) is 4.46. The van der Waals surface area contributed by atoms with Gasteiger partial charge < -0.3 is 19.3 Å². The zero-order valence-electron chi connectivity index (χ0n) is 19.1. The van der Waals surface area contributed by atoms with Crippen LogP contribution >= 0.6 is 0 Å². The Morgan fingerprint density at radius 2 is 1.69 bits per heavy atom. The summed E-state index contributed by atoms with van der Waals surface area (Å²) in [7, 11) is 0. The number of aromatic nitrogens is 2. The first-order valence-corrected chi connectivity index (χ1v) is 11.4. The molecule has 3 aromatic rings. The lowest BCUT2D eigenvalue weighted by Crippen LogP contribution is -2.39. The number of carbonyl (C=O) groups is 1. The van der Waals surface area contributed by atoms with Crippen molar-refractivity contribution in [1.29, 1.82) is 0 Å². The van der Waals surface area contributed by atoms with E-state index in [2.05, 4.69) is 9.97 Å². The van der Waals surface area contributed by atoms with E-state index in [4.69, 9.17) is 9.47 Å². The lowest BCUT2D eigenvalue weighted by Gasteiger charge is -2.32. The van der Waals surface area contributed by atoms with Crippen molar-refractivity contribution >= 4 is 11.9 Å². The minimum Gasteiger partial charge on any atom is -0.435 e. The zero-order valence-corrected chi connectivity index (χ0v) is 19.1. The molecular weight excluding hydrogens is 480 g/mol. The Bertz CT molecular complexity index is 1260. The van der Waals surface area contributed by atoms with Gasteiger partial charge in [0, 0.05) is 31.6 Å². The molecular formula is C25H22F4N4O3. The number of amides is 1. The Morgan fingerprint density at radius 3 is 2.39 bits per heavy atom. The fraction of sp³-hybridized carbons (Fsp3) is 0.320. The molecule has 1 saturated heterocycles. The second-order valence-electron chi connectivity index (χ2n) is 8.44. The van der Waals surface area contributed by atoms with E-state index in [0.29, 0.717) is 56.5 Å². The van der Waals surface area contributed by atoms with E-state index in [9.17, 15) is 22.4 Å². The number of fused-ring (bicyclic) bond motifs is 1. The highest BCUT2D eigenvalue weighted by molar-refractivity contribution is 5.94. The average Bonchev–Trinajstić information content (AvgIpc) is 2.89. The highest BCUT2D eigenvalue weighted by Gasteiger charge is 2.32. The largest absolute Gasteiger partial charge is 0.435 e. The fourth-order valence-corrected chi connectivity index (χ4v) is 4.15. The molecule has 1 amide bonds. The first-order chi connectivity index (χ1) is 17.3. The molecule has 2 aromatic carbocycles. The van der Waals surface area contributed by atoms with Gasteiger partial charge in [-0.1, -0.05) is 12.1 Å². The van der Waals surface area contributed by atoms with Crippen molar-refractivity contribution in [3.63, 3.8) is 0 Å².